The molecular formula is C36H34ClFN4O7S2. The Hall–Kier alpha value is -4.86. The average Bonchev–Trinajstić information content (AvgIpc) is 3.55. The standard InChI is InChI=1S/C29H26ClFN4O4S.C7H8O3S/c1-40(36,37)12-11-32-16-23-7-10-27(39-23)20-5-8-26-24(14-20)29(34-18-33-26)35-22-6-9-28(25(30)15-22)38-17-19-3-2-4-21(31)13-19;1-6-2-4-7(5-3-6)11(8,9)10/h2-10,13-15,18,32H,11-12,16-17H2,1H3,(H,33,34,35);2-5H,1H3,(H,8,9,10). The zero-order chi connectivity index (χ0) is 36.6. The van der Waals surface area contributed by atoms with Crippen molar-refractivity contribution in [1.82, 2.24) is 15.3 Å². The zero-order valence-corrected chi connectivity index (χ0v) is 29.9. The first-order valence-electron chi connectivity index (χ1n) is 15.4. The van der Waals surface area contributed by atoms with Gasteiger partial charge in [0.1, 0.15) is 51.7 Å². The lowest BCUT2D eigenvalue weighted by Crippen LogP contribution is -2.21. The Labute approximate surface area is 300 Å². The van der Waals surface area contributed by atoms with Crippen LogP contribution in [0.3, 0.4) is 0 Å². The van der Waals surface area contributed by atoms with E-state index in [4.69, 9.17) is 25.3 Å². The smallest absolute Gasteiger partial charge is 0.294 e. The minimum absolute atomic E-state index is 0.0664. The number of ether oxygens (including phenoxy) is 1. The van der Waals surface area contributed by atoms with Gasteiger partial charge >= 0.3 is 0 Å². The van der Waals surface area contributed by atoms with Crippen molar-refractivity contribution >= 4 is 54.0 Å². The summed E-state index contributed by atoms with van der Waals surface area (Å²) in [5.74, 6) is 2.17. The molecule has 2 heterocycles. The first-order valence-corrected chi connectivity index (χ1v) is 19.3. The van der Waals surface area contributed by atoms with E-state index < -0.39 is 20.0 Å². The van der Waals surface area contributed by atoms with Crippen LogP contribution in [0.15, 0.2) is 113 Å². The zero-order valence-electron chi connectivity index (χ0n) is 27.5. The third kappa shape index (κ3) is 11.1. The monoisotopic (exact) mass is 752 g/mol. The molecule has 6 aromatic rings. The third-order valence-electron chi connectivity index (χ3n) is 7.33. The number of halogens is 2. The number of benzene rings is 4. The van der Waals surface area contributed by atoms with Gasteiger partial charge in [-0.25, -0.2) is 22.8 Å². The number of sulfone groups is 1. The number of hydrogen-bond donors (Lipinski definition) is 3. The second-order valence-corrected chi connectivity index (χ2v) is 15.6. The molecule has 0 fully saturated rings. The molecule has 0 unspecified atom stereocenters. The summed E-state index contributed by atoms with van der Waals surface area (Å²) in [6.07, 6.45) is 2.69. The topological polar surface area (TPSA) is 161 Å². The van der Waals surface area contributed by atoms with Crippen molar-refractivity contribution in [2.75, 3.05) is 23.9 Å². The highest BCUT2D eigenvalue weighted by Crippen LogP contribution is 2.33. The molecule has 0 radical (unpaired) electrons. The number of aryl methyl sites for hydroxylation is 1. The Balaban J connectivity index is 0.000000392. The van der Waals surface area contributed by atoms with Crippen LogP contribution in [0.4, 0.5) is 15.9 Å². The van der Waals surface area contributed by atoms with Crippen molar-refractivity contribution in [3.05, 3.63) is 131 Å². The molecule has 0 atom stereocenters. The summed E-state index contributed by atoms with van der Waals surface area (Å²) < 4.78 is 77.3. The lowest BCUT2D eigenvalue weighted by Gasteiger charge is -2.12. The predicted octanol–water partition coefficient (Wildman–Crippen LogP) is 7.38. The van der Waals surface area contributed by atoms with Gasteiger partial charge in [0.15, 0.2) is 0 Å². The number of nitrogens with zero attached hydrogens (tertiary/aromatic N) is 2. The van der Waals surface area contributed by atoms with E-state index >= 15 is 0 Å². The largest absolute Gasteiger partial charge is 0.487 e. The SMILES string of the molecule is CS(=O)(=O)CCNCc1ccc(-c2ccc3ncnc(Nc4ccc(OCc5cccc(F)c5)c(Cl)c4)c3c2)o1.Cc1ccc(S(=O)(=O)O)cc1. The number of nitrogens with one attached hydrogen (secondary N) is 2. The summed E-state index contributed by atoms with van der Waals surface area (Å²) in [7, 11) is -7.04. The summed E-state index contributed by atoms with van der Waals surface area (Å²) in [4.78, 5) is 8.73. The Morgan fingerprint density at radius 2 is 1.71 bits per heavy atom. The summed E-state index contributed by atoms with van der Waals surface area (Å²) in [6.45, 7) is 2.80. The molecule has 0 aliphatic rings. The van der Waals surface area contributed by atoms with Crippen LogP contribution in [0.25, 0.3) is 22.2 Å². The minimum Gasteiger partial charge on any atom is -0.487 e. The molecule has 3 N–H and O–H groups in total. The molecule has 4 aromatic carbocycles. The van der Waals surface area contributed by atoms with Crippen LogP contribution in [-0.4, -0.2) is 49.9 Å². The fraction of sp³-hybridized carbons (Fsp3) is 0.167. The van der Waals surface area contributed by atoms with E-state index in [1.54, 1.807) is 36.4 Å². The fourth-order valence-corrected chi connectivity index (χ4v) is 5.97. The molecule has 6 rings (SSSR count). The normalized spacial score (nSPS) is 11.5. The molecule has 15 heteroatoms. The van der Waals surface area contributed by atoms with Gasteiger partial charge in [0.25, 0.3) is 10.1 Å². The molecule has 0 saturated carbocycles. The molecular weight excluding hydrogens is 719 g/mol. The highest BCUT2D eigenvalue weighted by molar-refractivity contribution is 7.90. The quantitative estimate of drug-likeness (QED) is 0.0845. The molecule has 2 aromatic heterocycles. The number of fused-ring (bicyclic) bond motifs is 1. The van der Waals surface area contributed by atoms with Crippen molar-refractivity contribution in [3.8, 4) is 17.1 Å². The van der Waals surface area contributed by atoms with Crippen molar-refractivity contribution in [1.29, 1.82) is 0 Å². The molecule has 0 bridgehead atoms. The fourth-order valence-electron chi connectivity index (χ4n) is 4.74. The molecule has 0 saturated heterocycles. The van der Waals surface area contributed by atoms with Crippen LogP contribution in [0.2, 0.25) is 5.02 Å². The molecule has 0 spiro atoms. The Morgan fingerprint density at radius 1 is 0.922 bits per heavy atom. The number of anilines is 2. The number of rotatable bonds is 12. The van der Waals surface area contributed by atoms with Crippen LogP contribution in [0.5, 0.6) is 5.75 Å². The molecule has 51 heavy (non-hydrogen) atoms. The van der Waals surface area contributed by atoms with Crippen LogP contribution in [0, 0.1) is 12.7 Å². The Morgan fingerprint density at radius 3 is 2.41 bits per heavy atom. The lowest BCUT2D eigenvalue weighted by molar-refractivity contribution is 0.306. The Bertz CT molecular complexity index is 2350. The van der Waals surface area contributed by atoms with Crippen molar-refractivity contribution < 1.29 is 34.9 Å². The summed E-state index contributed by atoms with van der Waals surface area (Å²) in [5, 5.41) is 7.56. The van der Waals surface area contributed by atoms with Gasteiger partial charge < -0.3 is 19.8 Å². The molecule has 0 aliphatic heterocycles. The third-order valence-corrected chi connectivity index (χ3v) is 9.44. The first-order chi connectivity index (χ1) is 24.2. The van der Waals surface area contributed by atoms with Gasteiger partial charge in [0, 0.05) is 29.4 Å². The van der Waals surface area contributed by atoms with E-state index in [9.17, 15) is 21.2 Å². The highest BCUT2D eigenvalue weighted by Gasteiger charge is 2.12. The van der Waals surface area contributed by atoms with Gasteiger partial charge in [-0.1, -0.05) is 41.4 Å². The van der Waals surface area contributed by atoms with E-state index in [1.165, 1.54) is 36.8 Å². The van der Waals surface area contributed by atoms with E-state index in [-0.39, 0.29) is 23.1 Å². The Kier molecular flexibility index (Phi) is 12.1. The van der Waals surface area contributed by atoms with Crippen LogP contribution in [-0.2, 0) is 33.1 Å². The van der Waals surface area contributed by atoms with Crippen LogP contribution >= 0.6 is 11.6 Å². The second-order valence-electron chi connectivity index (χ2n) is 11.5. The maximum absolute atomic E-state index is 13.4. The lowest BCUT2D eigenvalue weighted by atomic mass is 10.1. The van der Waals surface area contributed by atoms with Crippen LogP contribution < -0.4 is 15.4 Å². The second kappa shape index (κ2) is 16.4. The van der Waals surface area contributed by atoms with Gasteiger partial charge in [-0.3, -0.25) is 4.55 Å². The van der Waals surface area contributed by atoms with Gasteiger partial charge in [0.2, 0.25) is 0 Å². The molecule has 266 valence electrons. The molecule has 0 aliphatic carbocycles. The van der Waals surface area contributed by atoms with E-state index in [2.05, 4.69) is 20.6 Å². The van der Waals surface area contributed by atoms with Gasteiger partial charge in [-0.05, 0) is 85.3 Å². The summed E-state index contributed by atoms with van der Waals surface area (Å²) in [6, 6.07) is 27.0. The minimum atomic E-state index is -4.02. The van der Waals surface area contributed by atoms with Gasteiger partial charge in [-0.15, -0.1) is 0 Å². The van der Waals surface area contributed by atoms with Crippen molar-refractivity contribution in [2.45, 2.75) is 25.0 Å². The number of furan rings is 1. The van der Waals surface area contributed by atoms with Crippen molar-refractivity contribution in [3.63, 3.8) is 0 Å². The van der Waals surface area contributed by atoms with Crippen molar-refractivity contribution in [2.24, 2.45) is 0 Å². The van der Waals surface area contributed by atoms with E-state index in [0.717, 1.165) is 22.0 Å². The summed E-state index contributed by atoms with van der Waals surface area (Å²) in [5.41, 5.74) is 3.95. The summed E-state index contributed by atoms with van der Waals surface area (Å²) >= 11 is 6.47. The van der Waals surface area contributed by atoms with E-state index in [0.29, 0.717) is 52.5 Å². The average molecular weight is 753 g/mol. The predicted molar refractivity (Wildman–Crippen MR) is 195 cm³/mol. The van der Waals surface area contributed by atoms with Gasteiger partial charge in [-0.2, -0.15) is 8.42 Å². The highest BCUT2D eigenvalue weighted by atomic mass is 35.5. The van der Waals surface area contributed by atoms with E-state index in [1.807, 2.05) is 43.3 Å². The number of aromatic nitrogens is 2. The van der Waals surface area contributed by atoms with Gasteiger partial charge in [0.05, 0.1) is 27.7 Å². The first kappa shape index (κ1) is 37.4. The molecule has 0 amide bonds. The maximum atomic E-state index is 13.4. The molecule has 11 nitrogen and oxygen atoms in total. The van der Waals surface area contributed by atoms with Crippen LogP contribution in [0.1, 0.15) is 16.9 Å². The number of hydrogen-bond acceptors (Lipinski definition) is 10. The maximum Gasteiger partial charge on any atom is 0.294 e.